The van der Waals surface area contributed by atoms with E-state index in [1.807, 2.05) is 98.8 Å². The molecule has 1 heterocycles. The third kappa shape index (κ3) is 3.63. The van der Waals surface area contributed by atoms with Crippen LogP contribution in [0, 0.1) is 29.3 Å². The summed E-state index contributed by atoms with van der Waals surface area (Å²) in [7, 11) is 0. The SMILES string of the molecule is Cc1ccc(C2=C(c3ccc(C)cc3)[C@@]3(c4ccccc4)C(=O)[C@@]2(c2ccccc2)[C@@H]2C(=O)N(c4ccccc4I)C(=O)[C@H]23)cc1. The number of aryl methyl sites for hydroxylation is 2. The average molecular weight is 712 g/mol. The number of para-hydroxylation sites is 1. The fraction of sp³-hybridized carbons (Fsp3) is 0.146. The van der Waals surface area contributed by atoms with Crippen molar-refractivity contribution in [3.63, 3.8) is 0 Å². The van der Waals surface area contributed by atoms with E-state index in [1.165, 1.54) is 4.90 Å². The molecular formula is C41H30INO3. The first-order chi connectivity index (χ1) is 22.3. The van der Waals surface area contributed by atoms with Crippen molar-refractivity contribution in [2.75, 3.05) is 4.90 Å². The average Bonchev–Trinajstić information content (AvgIpc) is 3.59. The van der Waals surface area contributed by atoms with Gasteiger partial charge in [-0.2, -0.15) is 0 Å². The van der Waals surface area contributed by atoms with Crippen molar-refractivity contribution in [2.24, 2.45) is 11.8 Å². The van der Waals surface area contributed by atoms with Gasteiger partial charge in [-0.1, -0.05) is 132 Å². The van der Waals surface area contributed by atoms with E-state index in [4.69, 9.17) is 0 Å². The van der Waals surface area contributed by atoms with Gasteiger partial charge in [0.05, 0.1) is 28.4 Å². The number of allylic oxidation sites excluding steroid dienone is 2. The Hall–Kier alpha value is -4.62. The quantitative estimate of drug-likeness (QED) is 0.137. The van der Waals surface area contributed by atoms with Crippen molar-refractivity contribution < 1.29 is 14.4 Å². The van der Waals surface area contributed by atoms with Crippen molar-refractivity contribution in [1.82, 2.24) is 0 Å². The Morgan fingerprint density at radius 3 is 1.33 bits per heavy atom. The fourth-order valence-electron chi connectivity index (χ4n) is 8.44. The standard InChI is InChI=1S/C41H30INO3/c1-25-17-21-27(22-18-25)33-34(28-23-19-26(2)20-24-28)41(30-13-7-4-8-14-30)36-35(40(33,39(41)46)29-11-5-3-6-12-29)37(44)43(38(36)45)32-16-10-9-15-31(32)42/h3-24,35-36H,1-2H3/t35-,36-,40+,41+/m0/s1. The number of Topliss-reactive ketones (excluding diaryl/α,β-unsaturated/α-hetero) is 1. The predicted octanol–water partition coefficient (Wildman–Crippen LogP) is 8.10. The van der Waals surface area contributed by atoms with Crippen molar-refractivity contribution >= 4 is 57.0 Å². The molecule has 5 aromatic rings. The molecule has 1 saturated heterocycles. The summed E-state index contributed by atoms with van der Waals surface area (Å²) in [6, 6.07) is 43.3. The van der Waals surface area contributed by atoms with E-state index in [9.17, 15) is 0 Å². The second-order valence-electron chi connectivity index (χ2n) is 12.6. The molecule has 5 heteroatoms. The highest BCUT2D eigenvalue weighted by Gasteiger charge is 2.82. The summed E-state index contributed by atoms with van der Waals surface area (Å²) in [5.41, 5.74) is 4.77. The summed E-state index contributed by atoms with van der Waals surface area (Å²) in [6.07, 6.45) is 0. The van der Waals surface area contributed by atoms with Crippen LogP contribution in [0.4, 0.5) is 5.69 Å². The Kier molecular flexibility index (Phi) is 6.55. The van der Waals surface area contributed by atoms with Crippen LogP contribution >= 0.6 is 22.6 Å². The number of anilines is 1. The molecule has 0 spiro atoms. The van der Waals surface area contributed by atoms with Gasteiger partial charge in [-0.25, -0.2) is 4.90 Å². The molecule has 2 amide bonds. The van der Waals surface area contributed by atoms with E-state index in [-0.39, 0.29) is 17.6 Å². The maximum atomic E-state index is 16.0. The molecular weight excluding hydrogens is 681 g/mol. The van der Waals surface area contributed by atoms with E-state index in [0.717, 1.165) is 48.1 Å². The molecule has 0 radical (unpaired) electrons. The summed E-state index contributed by atoms with van der Waals surface area (Å²) < 4.78 is 0.799. The highest BCUT2D eigenvalue weighted by molar-refractivity contribution is 14.1. The lowest BCUT2D eigenvalue weighted by Gasteiger charge is -2.39. The number of imide groups is 1. The number of ketones is 1. The summed E-state index contributed by atoms with van der Waals surface area (Å²) >= 11 is 2.18. The normalized spacial score (nSPS) is 25.0. The topological polar surface area (TPSA) is 54.5 Å². The van der Waals surface area contributed by atoms with Gasteiger partial charge in [-0.3, -0.25) is 14.4 Å². The molecule has 3 aliphatic rings. The summed E-state index contributed by atoms with van der Waals surface area (Å²) in [4.78, 5) is 47.5. The predicted molar refractivity (Wildman–Crippen MR) is 189 cm³/mol. The zero-order valence-electron chi connectivity index (χ0n) is 25.4. The molecule has 224 valence electrons. The lowest BCUT2D eigenvalue weighted by atomic mass is 9.59. The van der Waals surface area contributed by atoms with E-state index in [2.05, 4.69) is 71.1 Å². The van der Waals surface area contributed by atoms with Gasteiger partial charge in [0.25, 0.3) is 0 Å². The van der Waals surface area contributed by atoms with Gasteiger partial charge in [0.2, 0.25) is 11.8 Å². The summed E-state index contributed by atoms with van der Waals surface area (Å²) in [5, 5.41) is 0. The Labute approximate surface area is 281 Å². The van der Waals surface area contributed by atoms with Gasteiger partial charge in [0.1, 0.15) is 0 Å². The van der Waals surface area contributed by atoms with Crippen molar-refractivity contribution in [1.29, 1.82) is 0 Å². The van der Waals surface area contributed by atoms with Gasteiger partial charge in [0.15, 0.2) is 5.78 Å². The minimum Gasteiger partial charge on any atom is -0.297 e. The molecule has 1 aliphatic heterocycles. The van der Waals surface area contributed by atoms with Crippen molar-refractivity contribution in [3.05, 3.63) is 170 Å². The molecule has 2 aliphatic carbocycles. The molecule has 4 atom stereocenters. The van der Waals surface area contributed by atoms with Gasteiger partial charge in [-0.15, -0.1) is 0 Å². The van der Waals surface area contributed by atoms with Crippen LogP contribution in [0.25, 0.3) is 11.1 Å². The van der Waals surface area contributed by atoms with Crippen molar-refractivity contribution in [2.45, 2.75) is 24.7 Å². The first-order valence-electron chi connectivity index (χ1n) is 15.5. The number of carbonyl (C=O) groups excluding carboxylic acids is 3. The number of nitrogens with zero attached hydrogens (tertiary/aromatic N) is 1. The van der Waals surface area contributed by atoms with Crippen LogP contribution in [-0.2, 0) is 25.2 Å². The van der Waals surface area contributed by atoms with Crippen molar-refractivity contribution in [3.8, 4) is 0 Å². The maximum absolute atomic E-state index is 16.0. The van der Waals surface area contributed by atoms with Crippen LogP contribution in [0.2, 0.25) is 0 Å². The Morgan fingerprint density at radius 2 is 0.913 bits per heavy atom. The van der Waals surface area contributed by atoms with E-state index < -0.39 is 22.7 Å². The number of hydrogen-bond acceptors (Lipinski definition) is 3. The van der Waals surface area contributed by atoms with Gasteiger partial charge in [-0.05, 0) is 82.0 Å². The molecule has 46 heavy (non-hydrogen) atoms. The molecule has 0 aromatic heterocycles. The van der Waals surface area contributed by atoms with Gasteiger partial charge >= 0.3 is 0 Å². The molecule has 5 aromatic carbocycles. The maximum Gasteiger partial charge on any atom is 0.239 e. The van der Waals surface area contributed by atoms with Crippen LogP contribution in [0.5, 0.6) is 0 Å². The first kappa shape index (κ1) is 28.8. The van der Waals surface area contributed by atoms with E-state index in [1.54, 1.807) is 0 Å². The fourth-order valence-corrected chi connectivity index (χ4v) is 9.06. The minimum atomic E-state index is -1.40. The van der Waals surface area contributed by atoms with Crippen LogP contribution in [0.1, 0.15) is 33.4 Å². The Morgan fingerprint density at radius 1 is 0.522 bits per heavy atom. The molecule has 1 saturated carbocycles. The third-order valence-corrected chi connectivity index (χ3v) is 11.1. The van der Waals surface area contributed by atoms with Gasteiger partial charge in [0, 0.05) is 3.57 Å². The van der Waals surface area contributed by atoms with Crippen LogP contribution in [0.3, 0.4) is 0 Å². The summed E-state index contributed by atoms with van der Waals surface area (Å²) in [5.74, 6) is -2.64. The Bertz CT molecular complexity index is 1960. The molecule has 4 nitrogen and oxygen atoms in total. The Balaban J connectivity index is 1.57. The number of fused-ring (bicyclic) bond motifs is 5. The number of halogens is 1. The lowest BCUT2D eigenvalue weighted by Crippen LogP contribution is -2.45. The highest BCUT2D eigenvalue weighted by atomic mass is 127. The second-order valence-corrected chi connectivity index (χ2v) is 13.7. The molecule has 2 fully saturated rings. The third-order valence-electron chi connectivity index (χ3n) is 10.2. The summed E-state index contributed by atoms with van der Waals surface area (Å²) in [6.45, 7) is 4.08. The number of rotatable bonds is 5. The smallest absolute Gasteiger partial charge is 0.239 e. The van der Waals surface area contributed by atoms with E-state index >= 15 is 14.4 Å². The van der Waals surface area contributed by atoms with Crippen LogP contribution < -0.4 is 4.90 Å². The minimum absolute atomic E-state index is 0.109. The second kappa shape index (κ2) is 10.5. The first-order valence-corrected chi connectivity index (χ1v) is 16.6. The highest BCUT2D eigenvalue weighted by Crippen LogP contribution is 2.74. The zero-order valence-corrected chi connectivity index (χ0v) is 27.6. The molecule has 8 rings (SSSR count). The number of benzene rings is 5. The van der Waals surface area contributed by atoms with Gasteiger partial charge < -0.3 is 0 Å². The number of carbonyl (C=O) groups is 3. The van der Waals surface area contributed by atoms with E-state index in [0.29, 0.717) is 5.69 Å². The largest absolute Gasteiger partial charge is 0.297 e. The molecule has 0 unspecified atom stereocenters. The monoisotopic (exact) mass is 711 g/mol. The number of hydrogen-bond donors (Lipinski definition) is 0. The molecule has 0 N–H and O–H groups in total. The lowest BCUT2D eigenvalue weighted by molar-refractivity contribution is -0.130. The molecule has 2 bridgehead atoms. The van der Waals surface area contributed by atoms with Crippen LogP contribution in [-0.4, -0.2) is 17.6 Å². The zero-order chi connectivity index (χ0) is 31.8. The van der Waals surface area contributed by atoms with Crippen LogP contribution in [0.15, 0.2) is 133 Å². The number of amides is 2.